The Kier molecular flexibility index (Phi) is 15.5. The third kappa shape index (κ3) is 9.64. The molecule has 1 aromatic heterocycles. The third-order valence-electron chi connectivity index (χ3n) is 3.35. The van der Waals surface area contributed by atoms with Crippen molar-refractivity contribution >= 4 is 42.1 Å². The van der Waals surface area contributed by atoms with Gasteiger partial charge in [-0.25, -0.2) is 0 Å². The molecule has 22 heavy (non-hydrogen) atoms. The molecule has 1 heterocycles. The molecule has 1 unspecified atom stereocenters. The average molecular weight is 370 g/mol. The van der Waals surface area contributed by atoms with E-state index >= 15 is 0 Å². The maximum atomic E-state index is 11.8. The van der Waals surface area contributed by atoms with E-state index in [0.29, 0.717) is 13.0 Å². The molecule has 130 valence electrons. The van der Waals surface area contributed by atoms with Crippen LogP contribution in [0.3, 0.4) is 0 Å². The van der Waals surface area contributed by atoms with Crippen molar-refractivity contribution in [3.63, 3.8) is 0 Å². The number of hydrogen-bond donors (Lipinski definition) is 2. The van der Waals surface area contributed by atoms with Crippen LogP contribution < -0.4 is 11.1 Å². The number of carbonyl (C=O) groups is 1. The average Bonchev–Trinajstić information content (AvgIpc) is 2.92. The van der Waals surface area contributed by atoms with Gasteiger partial charge < -0.3 is 16.0 Å². The first-order chi connectivity index (χ1) is 9.65. The highest BCUT2D eigenvalue weighted by Crippen LogP contribution is 2.22. The van der Waals surface area contributed by atoms with Crippen LogP contribution in [0.2, 0.25) is 0 Å². The SMILES string of the molecule is CN(C)C(CNC(=O)CCCCCCN)c1cccs1.Cl.Cl. The molecule has 0 spiro atoms. The summed E-state index contributed by atoms with van der Waals surface area (Å²) >= 11 is 1.73. The summed E-state index contributed by atoms with van der Waals surface area (Å²) in [6, 6.07) is 4.43. The number of halogens is 2. The number of thiophene rings is 1. The number of nitrogens with one attached hydrogen (secondary N) is 1. The van der Waals surface area contributed by atoms with Crippen LogP contribution >= 0.6 is 36.2 Å². The lowest BCUT2D eigenvalue weighted by Gasteiger charge is -2.23. The van der Waals surface area contributed by atoms with Crippen LogP contribution in [0.15, 0.2) is 17.5 Å². The molecule has 0 aliphatic rings. The molecular formula is C15H29Cl2N3OS. The molecule has 0 bridgehead atoms. The number of nitrogens with zero attached hydrogens (tertiary/aromatic N) is 1. The molecule has 1 amide bonds. The number of hydrogen-bond acceptors (Lipinski definition) is 4. The summed E-state index contributed by atoms with van der Waals surface area (Å²) < 4.78 is 0. The van der Waals surface area contributed by atoms with Crippen molar-refractivity contribution < 1.29 is 4.79 Å². The molecule has 0 saturated carbocycles. The zero-order valence-electron chi connectivity index (χ0n) is 13.4. The zero-order chi connectivity index (χ0) is 14.8. The quantitative estimate of drug-likeness (QED) is 0.622. The largest absolute Gasteiger partial charge is 0.354 e. The Balaban J connectivity index is 0. The second kappa shape index (κ2) is 14.3. The highest BCUT2D eigenvalue weighted by atomic mass is 35.5. The maximum absolute atomic E-state index is 11.8. The van der Waals surface area contributed by atoms with Gasteiger partial charge in [-0.05, 0) is 44.9 Å². The van der Waals surface area contributed by atoms with Crippen LogP contribution in [0, 0.1) is 0 Å². The van der Waals surface area contributed by atoms with E-state index in [0.717, 1.165) is 32.2 Å². The summed E-state index contributed by atoms with van der Waals surface area (Å²) in [6.07, 6.45) is 4.85. The normalized spacial score (nSPS) is 11.5. The molecule has 4 nitrogen and oxygen atoms in total. The van der Waals surface area contributed by atoms with Gasteiger partial charge in [-0.15, -0.1) is 36.2 Å². The van der Waals surface area contributed by atoms with Gasteiger partial charge in [-0.3, -0.25) is 4.79 Å². The smallest absolute Gasteiger partial charge is 0.220 e. The van der Waals surface area contributed by atoms with Crippen LogP contribution in [0.1, 0.15) is 43.0 Å². The number of likely N-dealkylation sites (N-methyl/N-ethyl adjacent to an activating group) is 1. The monoisotopic (exact) mass is 369 g/mol. The number of rotatable bonds is 10. The van der Waals surface area contributed by atoms with E-state index in [2.05, 4.69) is 27.7 Å². The van der Waals surface area contributed by atoms with E-state index < -0.39 is 0 Å². The fourth-order valence-corrected chi connectivity index (χ4v) is 3.02. The van der Waals surface area contributed by atoms with Crippen LogP contribution in [-0.2, 0) is 4.79 Å². The minimum Gasteiger partial charge on any atom is -0.354 e. The molecule has 3 N–H and O–H groups in total. The predicted octanol–water partition coefficient (Wildman–Crippen LogP) is 3.22. The van der Waals surface area contributed by atoms with Gasteiger partial charge in [-0.1, -0.05) is 18.9 Å². The lowest BCUT2D eigenvalue weighted by Crippen LogP contribution is -2.34. The molecule has 1 aromatic rings. The topological polar surface area (TPSA) is 58.4 Å². The van der Waals surface area contributed by atoms with Gasteiger partial charge in [0.1, 0.15) is 0 Å². The lowest BCUT2D eigenvalue weighted by atomic mass is 10.1. The third-order valence-corrected chi connectivity index (χ3v) is 4.32. The van der Waals surface area contributed by atoms with E-state index in [9.17, 15) is 4.79 Å². The van der Waals surface area contributed by atoms with Crippen LogP contribution in [0.4, 0.5) is 0 Å². The van der Waals surface area contributed by atoms with Crippen molar-refractivity contribution in [3.8, 4) is 0 Å². The van der Waals surface area contributed by atoms with Gasteiger partial charge >= 0.3 is 0 Å². The molecule has 0 radical (unpaired) electrons. The van der Waals surface area contributed by atoms with Crippen molar-refractivity contribution in [2.75, 3.05) is 27.2 Å². The summed E-state index contributed by atoms with van der Waals surface area (Å²) in [7, 11) is 4.09. The molecule has 7 heteroatoms. The summed E-state index contributed by atoms with van der Waals surface area (Å²) in [5.41, 5.74) is 5.44. The lowest BCUT2D eigenvalue weighted by molar-refractivity contribution is -0.121. The second-order valence-electron chi connectivity index (χ2n) is 5.25. The van der Waals surface area contributed by atoms with Crippen molar-refractivity contribution in [2.45, 2.75) is 38.1 Å². The summed E-state index contributed by atoms with van der Waals surface area (Å²) in [5, 5.41) is 5.12. The first-order valence-electron chi connectivity index (χ1n) is 7.31. The predicted molar refractivity (Wildman–Crippen MR) is 100 cm³/mol. The maximum Gasteiger partial charge on any atom is 0.220 e. The van der Waals surface area contributed by atoms with Crippen LogP contribution in [0.5, 0.6) is 0 Å². The van der Waals surface area contributed by atoms with Crippen molar-refractivity contribution in [1.29, 1.82) is 0 Å². The molecule has 0 aliphatic heterocycles. The highest BCUT2D eigenvalue weighted by molar-refractivity contribution is 7.10. The number of unbranched alkanes of at least 4 members (excludes halogenated alkanes) is 3. The Bertz CT molecular complexity index is 375. The van der Waals surface area contributed by atoms with Crippen LogP contribution in [0.25, 0.3) is 0 Å². The van der Waals surface area contributed by atoms with Crippen molar-refractivity contribution in [2.24, 2.45) is 5.73 Å². The van der Waals surface area contributed by atoms with Gasteiger partial charge in [0.15, 0.2) is 0 Å². The first kappa shape index (κ1) is 23.9. The van der Waals surface area contributed by atoms with Gasteiger partial charge in [-0.2, -0.15) is 0 Å². The highest BCUT2D eigenvalue weighted by Gasteiger charge is 2.15. The molecule has 1 rings (SSSR count). The van der Waals surface area contributed by atoms with E-state index in [4.69, 9.17) is 5.73 Å². The Morgan fingerprint density at radius 2 is 1.95 bits per heavy atom. The van der Waals surface area contributed by atoms with Crippen LogP contribution in [-0.4, -0.2) is 38.0 Å². The molecular weight excluding hydrogens is 341 g/mol. The van der Waals surface area contributed by atoms with E-state index in [1.54, 1.807) is 11.3 Å². The summed E-state index contributed by atoms with van der Waals surface area (Å²) in [5.74, 6) is 0.154. The number of amides is 1. The number of nitrogens with two attached hydrogens (primary N) is 1. The standard InChI is InChI=1S/C15H27N3OS.2ClH/c1-18(2)13(14-8-7-11-20-14)12-17-15(19)9-5-3-4-6-10-16;;/h7-8,11,13H,3-6,9-10,12,16H2,1-2H3,(H,17,19);2*1H. The Labute approximate surface area is 150 Å². The fourth-order valence-electron chi connectivity index (χ4n) is 2.10. The minimum atomic E-state index is 0. The second-order valence-corrected chi connectivity index (χ2v) is 6.23. The summed E-state index contributed by atoms with van der Waals surface area (Å²) in [4.78, 5) is 15.3. The zero-order valence-corrected chi connectivity index (χ0v) is 15.9. The van der Waals surface area contributed by atoms with Gasteiger partial charge in [0.2, 0.25) is 5.91 Å². The number of carbonyl (C=O) groups excluding carboxylic acids is 1. The first-order valence-corrected chi connectivity index (χ1v) is 8.19. The van der Waals surface area contributed by atoms with Gasteiger partial charge in [0, 0.05) is 17.8 Å². The Morgan fingerprint density at radius 3 is 2.50 bits per heavy atom. The van der Waals surface area contributed by atoms with E-state index in [1.165, 1.54) is 4.88 Å². The van der Waals surface area contributed by atoms with E-state index in [-0.39, 0.29) is 36.8 Å². The van der Waals surface area contributed by atoms with Gasteiger partial charge in [0.05, 0.1) is 6.04 Å². The Hall–Kier alpha value is -0.330. The van der Waals surface area contributed by atoms with E-state index in [1.807, 2.05) is 14.1 Å². The van der Waals surface area contributed by atoms with Crippen molar-refractivity contribution in [3.05, 3.63) is 22.4 Å². The molecule has 1 atom stereocenters. The molecule has 0 saturated heterocycles. The molecule has 0 aliphatic carbocycles. The Morgan fingerprint density at radius 1 is 1.27 bits per heavy atom. The molecule has 0 fully saturated rings. The van der Waals surface area contributed by atoms with Crippen molar-refractivity contribution in [1.82, 2.24) is 10.2 Å². The fraction of sp³-hybridized carbons (Fsp3) is 0.667. The van der Waals surface area contributed by atoms with Gasteiger partial charge in [0.25, 0.3) is 0 Å². The summed E-state index contributed by atoms with van der Waals surface area (Å²) in [6.45, 7) is 1.42. The minimum absolute atomic E-state index is 0. The molecule has 0 aromatic carbocycles.